The molecule has 0 saturated heterocycles. The second kappa shape index (κ2) is 7.91. The van der Waals surface area contributed by atoms with Gasteiger partial charge in [0.05, 0.1) is 24.8 Å². The second-order valence-electron chi connectivity index (χ2n) is 6.10. The zero-order valence-corrected chi connectivity index (χ0v) is 15.5. The topological polar surface area (TPSA) is 64.6 Å². The summed E-state index contributed by atoms with van der Waals surface area (Å²) in [6.45, 7) is 3.91. The van der Waals surface area contributed by atoms with Crippen LogP contribution >= 0.6 is 0 Å². The van der Waals surface area contributed by atoms with Gasteiger partial charge in [-0.1, -0.05) is 30.3 Å². The molecule has 0 aromatic heterocycles. The highest BCUT2D eigenvalue weighted by molar-refractivity contribution is 6.09. The minimum atomic E-state index is -0.420. The molecule has 1 amide bonds. The van der Waals surface area contributed by atoms with Crippen molar-refractivity contribution < 1.29 is 19.1 Å². The van der Waals surface area contributed by atoms with Gasteiger partial charge < -0.3 is 14.8 Å². The third-order valence-electron chi connectivity index (χ3n) is 4.31. The third-order valence-corrected chi connectivity index (χ3v) is 4.31. The number of amides is 1. The van der Waals surface area contributed by atoms with Gasteiger partial charge in [0, 0.05) is 5.69 Å². The summed E-state index contributed by atoms with van der Waals surface area (Å²) in [5, 5.41) is 4.81. The Morgan fingerprint density at radius 1 is 1.00 bits per heavy atom. The number of ether oxygens (including phenoxy) is 2. The molecule has 0 saturated carbocycles. The first-order valence-electron chi connectivity index (χ1n) is 8.69. The summed E-state index contributed by atoms with van der Waals surface area (Å²) < 4.78 is 10.4. The van der Waals surface area contributed by atoms with Gasteiger partial charge in [0.2, 0.25) is 0 Å². The average molecular weight is 363 g/mol. The Balaban J connectivity index is 1.94. The molecule has 5 heteroatoms. The predicted octanol–water partition coefficient (Wildman–Crippen LogP) is 4.59. The van der Waals surface area contributed by atoms with Gasteiger partial charge >= 0.3 is 5.97 Å². The maximum atomic E-state index is 12.9. The van der Waals surface area contributed by atoms with Crippen LogP contribution in [0.3, 0.4) is 0 Å². The van der Waals surface area contributed by atoms with E-state index >= 15 is 0 Å². The number of nitrogens with one attached hydrogen (secondary N) is 1. The Hall–Kier alpha value is -3.34. The number of carbonyl (C=O) groups excluding carboxylic acids is 2. The molecule has 138 valence electrons. The van der Waals surface area contributed by atoms with E-state index in [0.717, 1.165) is 16.3 Å². The van der Waals surface area contributed by atoms with Gasteiger partial charge in [-0.2, -0.15) is 0 Å². The van der Waals surface area contributed by atoms with Crippen molar-refractivity contribution in [3.63, 3.8) is 0 Å². The molecule has 27 heavy (non-hydrogen) atoms. The molecule has 0 heterocycles. The lowest BCUT2D eigenvalue weighted by atomic mass is 10.0. The van der Waals surface area contributed by atoms with E-state index in [2.05, 4.69) is 5.32 Å². The van der Waals surface area contributed by atoms with Crippen molar-refractivity contribution in [2.45, 2.75) is 13.8 Å². The van der Waals surface area contributed by atoms with Gasteiger partial charge in [0.15, 0.2) is 0 Å². The van der Waals surface area contributed by atoms with Crippen LogP contribution in [0.4, 0.5) is 5.69 Å². The van der Waals surface area contributed by atoms with Crippen LogP contribution in [0.2, 0.25) is 0 Å². The summed E-state index contributed by atoms with van der Waals surface area (Å²) in [4.78, 5) is 24.8. The number of benzene rings is 3. The van der Waals surface area contributed by atoms with Crippen molar-refractivity contribution in [2.75, 3.05) is 19.0 Å². The molecule has 3 rings (SSSR count). The quantitative estimate of drug-likeness (QED) is 0.674. The standard InChI is InChI=1S/C22H21NO4/c1-4-27-22(25)17-10-9-14(2)19(12-17)23-21(24)18-11-15-7-5-6-8-16(15)13-20(18)26-3/h5-13H,4H2,1-3H3,(H,23,24). The molecule has 0 aliphatic rings. The Morgan fingerprint density at radius 2 is 1.70 bits per heavy atom. The van der Waals surface area contributed by atoms with E-state index in [1.54, 1.807) is 31.2 Å². The van der Waals surface area contributed by atoms with Gasteiger partial charge in [0.1, 0.15) is 5.75 Å². The number of carbonyl (C=O) groups is 2. The van der Waals surface area contributed by atoms with Gasteiger partial charge in [0.25, 0.3) is 5.91 Å². The van der Waals surface area contributed by atoms with Gasteiger partial charge in [-0.3, -0.25) is 4.79 Å². The largest absolute Gasteiger partial charge is 0.496 e. The van der Waals surface area contributed by atoms with Crippen molar-refractivity contribution in [2.24, 2.45) is 0 Å². The number of anilines is 1. The fraction of sp³-hybridized carbons (Fsp3) is 0.182. The average Bonchev–Trinajstić information content (AvgIpc) is 2.68. The minimum Gasteiger partial charge on any atom is -0.496 e. The molecule has 3 aromatic rings. The Labute approximate surface area is 157 Å². The highest BCUT2D eigenvalue weighted by Gasteiger charge is 2.16. The van der Waals surface area contributed by atoms with E-state index in [1.165, 1.54) is 7.11 Å². The van der Waals surface area contributed by atoms with Crippen LogP contribution in [-0.4, -0.2) is 25.6 Å². The zero-order valence-electron chi connectivity index (χ0n) is 15.5. The van der Waals surface area contributed by atoms with Crippen LogP contribution in [0.5, 0.6) is 5.75 Å². The monoisotopic (exact) mass is 363 g/mol. The molecule has 0 aliphatic carbocycles. The Morgan fingerprint density at radius 3 is 2.37 bits per heavy atom. The minimum absolute atomic E-state index is 0.294. The van der Waals surface area contributed by atoms with E-state index in [4.69, 9.17) is 9.47 Å². The molecule has 1 N–H and O–H groups in total. The molecule has 0 atom stereocenters. The van der Waals surface area contributed by atoms with Crippen molar-refractivity contribution in [3.8, 4) is 5.75 Å². The normalized spacial score (nSPS) is 10.5. The first kappa shape index (κ1) is 18.5. The molecule has 0 radical (unpaired) electrons. The number of hydrogen-bond donors (Lipinski definition) is 1. The summed E-state index contributed by atoms with van der Waals surface area (Å²) >= 11 is 0. The molecule has 0 spiro atoms. The lowest BCUT2D eigenvalue weighted by Crippen LogP contribution is -2.15. The predicted molar refractivity (Wildman–Crippen MR) is 106 cm³/mol. The summed E-state index contributed by atoms with van der Waals surface area (Å²) in [7, 11) is 1.54. The number of fused-ring (bicyclic) bond motifs is 1. The van der Waals surface area contributed by atoms with Crippen molar-refractivity contribution in [3.05, 3.63) is 71.3 Å². The summed E-state index contributed by atoms with van der Waals surface area (Å²) in [6.07, 6.45) is 0. The van der Waals surface area contributed by atoms with Gasteiger partial charge in [-0.15, -0.1) is 0 Å². The Bertz CT molecular complexity index is 1010. The van der Waals surface area contributed by atoms with Crippen LogP contribution < -0.4 is 10.1 Å². The van der Waals surface area contributed by atoms with E-state index in [0.29, 0.717) is 29.2 Å². The maximum Gasteiger partial charge on any atom is 0.338 e. The highest BCUT2D eigenvalue weighted by Crippen LogP contribution is 2.27. The lowest BCUT2D eigenvalue weighted by molar-refractivity contribution is 0.0526. The van der Waals surface area contributed by atoms with Crippen LogP contribution in [0.1, 0.15) is 33.2 Å². The number of methoxy groups -OCH3 is 1. The van der Waals surface area contributed by atoms with E-state index in [-0.39, 0.29) is 5.91 Å². The SMILES string of the molecule is CCOC(=O)c1ccc(C)c(NC(=O)c2cc3ccccc3cc2OC)c1. The second-order valence-corrected chi connectivity index (χ2v) is 6.10. The first-order valence-corrected chi connectivity index (χ1v) is 8.69. The molecular formula is C22H21NO4. The summed E-state index contributed by atoms with van der Waals surface area (Å²) in [5.41, 5.74) is 2.22. The first-order chi connectivity index (χ1) is 13.0. The van der Waals surface area contributed by atoms with Crippen LogP contribution in [0.15, 0.2) is 54.6 Å². The lowest BCUT2D eigenvalue weighted by Gasteiger charge is -2.13. The van der Waals surface area contributed by atoms with Crippen LogP contribution in [-0.2, 0) is 4.74 Å². The molecule has 0 bridgehead atoms. The van der Waals surface area contributed by atoms with Crippen molar-refractivity contribution in [1.29, 1.82) is 0 Å². The number of rotatable bonds is 5. The molecule has 0 aliphatic heterocycles. The smallest absolute Gasteiger partial charge is 0.338 e. The van der Waals surface area contributed by atoms with E-state index < -0.39 is 5.97 Å². The van der Waals surface area contributed by atoms with E-state index in [9.17, 15) is 9.59 Å². The molecule has 0 fully saturated rings. The summed E-state index contributed by atoms with van der Waals surface area (Å²) in [6, 6.07) is 16.5. The number of aryl methyl sites for hydroxylation is 1. The third kappa shape index (κ3) is 3.92. The van der Waals surface area contributed by atoms with Gasteiger partial charge in [-0.25, -0.2) is 4.79 Å². The van der Waals surface area contributed by atoms with Crippen molar-refractivity contribution in [1.82, 2.24) is 0 Å². The van der Waals surface area contributed by atoms with Crippen LogP contribution in [0, 0.1) is 6.92 Å². The summed E-state index contributed by atoms with van der Waals surface area (Å²) in [5.74, 6) is -0.233. The fourth-order valence-electron chi connectivity index (χ4n) is 2.85. The molecule has 5 nitrogen and oxygen atoms in total. The molecule has 0 unspecified atom stereocenters. The van der Waals surface area contributed by atoms with Crippen LogP contribution in [0.25, 0.3) is 10.8 Å². The maximum absolute atomic E-state index is 12.9. The molecule has 3 aromatic carbocycles. The number of esters is 1. The highest BCUT2D eigenvalue weighted by atomic mass is 16.5. The fourth-order valence-corrected chi connectivity index (χ4v) is 2.85. The number of hydrogen-bond acceptors (Lipinski definition) is 4. The Kier molecular flexibility index (Phi) is 5.41. The van der Waals surface area contributed by atoms with E-state index in [1.807, 2.05) is 37.3 Å². The van der Waals surface area contributed by atoms with Crippen molar-refractivity contribution >= 4 is 28.3 Å². The molecular weight excluding hydrogens is 342 g/mol. The van der Waals surface area contributed by atoms with Gasteiger partial charge in [-0.05, 0) is 54.4 Å². The zero-order chi connectivity index (χ0) is 19.4.